The van der Waals surface area contributed by atoms with Crippen molar-refractivity contribution in [3.8, 4) is 0 Å². The average Bonchev–Trinajstić information content (AvgIpc) is 3.33. The molecule has 31 heavy (non-hydrogen) atoms. The molecule has 1 aliphatic heterocycles. The van der Waals surface area contributed by atoms with E-state index in [0.717, 1.165) is 36.4 Å². The molecule has 0 atom stereocenters. The minimum atomic E-state index is -4.16. The number of aromatic nitrogens is 3. The number of sulfonamides is 1. The molecule has 2 aromatic heterocycles. The molecule has 4 aromatic rings. The number of nitrogens with one attached hydrogen (secondary N) is 2. The third kappa shape index (κ3) is 3.91. The van der Waals surface area contributed by atoms with Gasteiger partial charge in [-0.25, -0.2) is 17.8 Å². The molecular formula is C20H17ClFN5O2S2. The summed E-state index contributed by atoms with van der Waals surface area (Å²) in [5.41, 5.74) is 4.17. The fraction of sp³-hybridized carbons (Fsp3) is 0.200. The monoisotopic (exact) mass is 477 g/mol. The van der Waals surface area contributed by atoms with Gasteiger partial charge in [-0.3, -0.25) is 9.40 Å². The standard InChI is InChI=1S/C20H17ClFN5O2S2/c21-19-10-24-20(30-19)26-31(28,29)18-6-14-8-25-27(17(14)7-16(18)22)11-13-3-1-2-12-4-5-23-9-15(12)13/h1-3,6-8,10,23H,4-5,9,11H2,(H,24,26). The summed E-state index contributed by atoms with van der Waals surface area (Å²) in [6, 6.07) is 8.68. The lowest BCUT2D eigenvalue weighted by molar-refractivity contribution is 0.570. The number of nitrogens with zero attached hydrogens (tertiary/aromatic N) is 3. The molecule has 5 rings (SSSR count). The van der Waals surface area contributed by atoms with Gasteiger partial charge in [0.15, 0.2) is 5.13 Å². The molecule has 0 spiro atoms. The zero-order chi connectivity index (χ0) is 21.6. The van der Waals surface area contributed by atoms with E-state index in [1.54, 1.807) is 10.9 Å². The minimum absolute atomic E-state index is 0.0719. The molecule has 0 radical (unpaired) electrons. The number of anilines is 1. The zero-order valence-electron chi connectivity index (χ0n) is 16.1. The predicted octanol–water partition coefficient (Wildman–Crippen LogP) is 3.78. The van der Waals surface area contributed by atoms with Crippen LogP contribution in [0.3, 0.4) is 0 Å². The fourth-order valence-electron chi connectivity index (χ4n) is 3.78. The third-order valence-corrected chi connectivity index (χ3v) is 7.76. The van der Waals surface area contributed by atoms with E-state index in [1.165, 1.54) is 29.5 Å². The van der Waals surface area contributed by atoms with Crippen molar-refractivity contribution in [3.05, 3.63) is 69.6 Å². The minimum Gasteiger partial charge on any atom is -0.312 e. The molecule has 0 fully saturated rings. The van der Waals surface area contributed by atoms with Crippen LogP contribution in [0.5, 0.6) is 0 Å². The number of hydrogen-bond acceptors (Lipinski definition) is 6. The SMILES string of the molecule is O=S(=O)(Nc1ncc(Cl)s1)c1cc2cnn(Cc3cccc4c3CNCC4)c2cc1F. The summed E-state index contributed by atoms with van der Waals surface area (Å²) in [4.78, 5) is 3.39. The average molecular weight is 478 g/mol. The molecule has 11 heteroatoms. The molecule has 0 unspecified atom stereocenters. The topological polar surface area (TPSA) is 88.9 Å². The Kier molecular flexibility index (Phi) is 5.17. The molecular weight excluding hydrogens is 461 g/mol. The number of fused-ring (bicyclic) bond motifs is 2. The molecule has 0 saturated carbocycles. The maximum absolute atomic E-state index is 14.9. The first-order valence-electron chi connectivity index (χ1n) is 9.50. The van der Waals surface area contributed by atoms with Crippen LogP contribution < -0.4 is 10.0 Å². The number of benzene rings is 2. The number of hydrogen-bond donors (Lipinski definition) is 2. The van der Waals surface area contributed by atoms with Crippen molar-refractivity contribution < 1.29 is 12.8 Å². The third-order valence-electron chi connectivity index (χ3n) is 5.25. The van der Waals surface area contributed by atoms with Crippen molar-refractivity contribution in [2.75, 3.05) is 11.3 Å². The van der Waals surface area contributed by atoms with E-state index in [1.807, 2.05) is 12.1 Å². The van der Waals surface area contributed by atoms with E-state index in [9.17, 15) is 12.8 Å². The van der Waals surface area contributed by atoms with Crippen LogP contribution in [0.4, 0.5) is 9.52 Å². The summed E-state index contributed by atoms with van der Waals surface area (Å²) in [7, 11) is -4.16. The Balaban J connectivity index is 1.49. The van der Waals surface area contributed by atoms with Crippen LogP contribution in [0.2, 0.25) is 4.34 Å². The van der Waals surface area contributed by atoms with Crippen molar-refractivity contribution in [1.29, 1.82) is 0 Å². The van der Waals surface area contributed by atoms with Gasteiger partial charge in [-0.05, 0) is 35.7 Å². The second-order valence-corrected chi connectivity index (χ2v) is 10.5. The number of thiazole rings is 1. The molecule has 0 bridgehead atoms. The highest BCUT2D eigenvalue weighted by Crippen LogP contribution is 2.28. The largest absolute Gasteiger partial charge is 0.312 e. The summed E-state index contributed by atoms with van der Waals surface area (Å²) in [5.74, 6) is -0.860. The Morgan fingerprint density at radius 3 is 2.97 bits per heavy atom. The molecule has 7 nitrogen and oxygen atoms in total. The van der Waals surface area contributed by atoms with Gasteiger partial charge >= 0.3 is 0 Å². The molecule has 0 amide bonds. The first-order chi connectivity index (χ1) is 14.9. The highest BCUT2D eigenvalue weighted by atomic mass is 35.5. The second-order valence-electron chi connectivity index (χ2n) is 7.20. The summed E-state index contributed by atoms with van der Waals surface area (Å²) in [6.45, 7) is 2.20. The summed E-state index contributed by atoms with van der Waals surface area (Å²) in [5, 5.41) is 8.36. The van der Waals surface area contributed by atoms with Crippen molar-refractivity contribution in [1.82, 2.24) is 20.1 Å². The first-order valence-corrected chi connectivity index (χ1v) is 12.2. The van der Waals surface area contributed by atoms with Crippen molar-refractivity contribution in [2.45, 2.75) is 24.4 Å². The smallest absolute Gasteiger partial charge is 0.266 e. The number of halogens is 2. The van der Waals surface area contributed by atoms with Gasteiger partial charge in [0.25, 0.3) is 10.0 Å². The highest BCUT2D eigenvalue weighted by Gasteiger charge is 2.23. The molecule has 0 aliphatic carbocycles. The number of rotatable bonds is 5. The van der Waals surface area contributed by atoms with Crippen LogP contribution in [-0.2, 0) is 29.5 Å². The van der Waals surface area contributed by atoms with Gasteiger partial charge in [0.2, 0.25) is 0 Å². The normalized spacial score (nSPS) is 14.0. The maximum Gasteiger partial charge on any atom is 0.266 e. The van der Waals surface area contributed by atoms with Gasteiger partial charge < -0.3 is 5.32 Å². The molecule has 2 N–H and O–H groups in total. The van der Waals surface area contributed by atoms with Gasteiger partial charge in [0.05, 0.1) is 24.5 Å². The molecule has 0 saturated heterocycles. The fourth-order valence-corrected chi connectivity index (χ4v) is 5.93. The van der Waals surface area contributed by atoms with Crippen LogP contribution in [0, 0.1) is 5.82 Å². The predicted molar refractivity (Wildman–Crippen MR) is 119 cm³/mol. The van der Waals surface area contributed by atoms with Crippen molar-refractivity contribution in [2.24, 2.45) is 0 Å². The van der Waals surface area contributed by atoms with Gasteiger partial charge in [-0.1, -0.05) is 41.1 Å². The van der Waals surface area contributed by atoms with Crippen molar-refractivity contribution in [3.63, 3.8) is 0 Å². The van der Waals surface area contributed by atoms with Crippen molar-refractivity contribution >= 4 is 49.0 Å². The van der Waals surface area contributed by atoms with Crippen LogP contribution >= 0.6 is 22.9 Å². The van der Waals surface area contributed by atoms with E-state index >= 15 is 0 Å². The molecule has 1 aliphatic rings. The summed E-state index contributed by atoms with van der Waals surface area (Å²) < 4.78 is 44.5. The Morgan fingerprint density at radius 1 is 1.29 bits per heavy atom. The molecule has 3 heterocycles. The Morgan fingerprint density at radius 2 is 2.16 bits per heavy atom. The van der Waals surface area contributed by atoms with E-state index in [-0.39, 0.29) is 5.13 Å². The van der Waals surface area contributed by atoms with Crippen LogP contribution in [0.25, 0.3) is 10.9 Å². The van der Waals surface area contributed by atoms with Crippen LogP contribution in [0.1, 0.15) is 16.7 Å². The van der Waals surface area contributed by atoms with Gasteiger partial charge in [-0.2, -0.15) is 5.10 Å². The van der Waals surface area contributed by atoms with Crippen LogP contribution in [0.15, 0.2) is 47.6 Å². The van der Waals surface area contributed by atoms with Gasteiger partial charge in [0.1, 0.15) is 15.0 Å². The molecule has 160 valence electrons. The zero-order valence-corrected chi connectivity index (χ0v) is 18.5. The van der Waals surface area contributed by atoms with Gasteiger partial charge in [-0.15, -0.1) is 0 Å². The maximum atomic E-state index is 14.9. The van der Waals surface area contributed by atoms with E-state index in [4.69, 9.17) is 11.6 Å². The Labute approximate surface area is 186 Å². The van der Waals surface area contributed by atoms with E-state index in [0.29, 0.717) is 21.8 Å². The Hall–Kier alpha value is -2.53. The summed E-state index contributed by atoms with van der Waals surface area (Å²) >= 11 is 6.75. The Bertz CT molecular complexity index is 1400. The van der Waals surface area contributed by atoms with E-state index < -0.39 is 20.7 Å². The van der Waals surface area contributed by atoms with Gasteiger partial charge in [0, 0.05) is 18.0 Å². The molecule has 2 aromatic carbocycles. The second kappa shape index (κ2) is 7.86. The lowest BCUT2D eigenvalue weighted by Gasteiger charge is -2.20. The van der Waals surface area contributed by atoms with E-state index in [2.05, 4.69) is 26.2 Å². The lowest BCUT2D eigenvalue weighted by atomic mass is 9.96. The summed E-state index contributed by atoms with van der Waals surface area (Å²) in [6.07, 6.45) is 3.84. The van der Waals surface area contributed by atoms with Crippen LogP contribution in [-0.4, -0.2) is 29.7 Å². The quantitative estimate of drug-likeness (QED) is 0.456. The first kappa shape index (κ1) is 20.4. The highest BCUT2D eigenvalue weighted by molar-refractivity contribution is 7.93. The lowest BCUT2D eigenvalue weighted by Crippen LogP contribution is -2.25.